The van der Waals surface area contributed by atoms with E-state index >= 15 is 0 Å². The summed E-state index contributed by atoms with van der Waals surface area (Å²) in [5, 5.41) is 8.71. The number of nitrogens with zero attached hydrogens (tertiary/aromatic N) is 2. The molecule has 6 nitrogen and oxygen atoms in total. The van der Waals surface area contributed by atoms with E-state index < -0.39 is 11.9 Å². The second-order valence-electron chi connectivity index (χ2n) is 4.25. The van der Waals surface area contributed by atoms with Crippen LogP contribution in [0.4, 0.5) is 5.69 Å². The van der Waals surface area contributed by atoms with Gasteiger partial charge in [0.05, 0.1) is 26.1 Å². The van der Waals surface area contributed by atoms with Crippen LogP contribution >= 0.6 is 0 Å². The van der Waals surface area contributed by atoms with Gasteiger partial charge in [-0.25, -0.2) is 9.59 Å². The number of esters is 2. The number of para-hydroxylation sites is 1. The molecule has 1 aromatic carbocycles. The van der Waals surface area contributed by atoms with Gasteiger partial charge in [0.15, 0.2) is 0 Å². The molecule has 0 aromatic heterocycles. The van der Waals surface area contributed by atoms with E-state index in [1.807, 2.05) is 35.2 Å². The van der Waals surface area contributed by atoms with Crippen LogP contribution in [0.2, 0.25) is 0 Å². The first-order chi connectivity index (χ1) is 10.7. The van der Waals surface area contributed by atoms with Gasteiger partial charge in [-0.15, -0.1) is 0 Å². The quantitative estimate of drug-likeness (QED) is 0.537. The minimum Gasteiger partial charge on any atom is -0.466 e. The average molecular weight is 302 g/mol. The van der Waals surface area contributed by atoms with E-state index in [-0.39, 0.29) is 6.61 Å². The highest BCUT2D eigenvalue weighted by Crippen LogP contribution is 2.13. The van der Waals surface area contributed by atoms with E-state index in [2.05, 4.69) is 10.8 Å². The number of hydrogen-bond donors (Lipinski definition) is 0. The highest BCUT2D eigenvalue weighted by atomic mass is 16.5. The van der Waals surface area contributed by atoms with E-state index in [1.54, 1.807) is 0 Å². The number of carbonyl (C=O) groups is 2. The largest absolute Gasteiger partial charge is 0.466 e. The summed E-state index contributed by atoms with van der Waals surface area (Å²) in [6.07, 6.45) is 2.41. The minimum atomic E-state index is -0.614. The Bertz CT molecular complexity index is 549. The molecule has 1 aromatic rings. The van der Waals surface area contributed by atoms with Gasteiger partial charge in [-0.3, -0.25) is 0 Å². The monoisotopic (exact) mass is 302 g/mol. The number of hydrogen-bond acceptors (Lipinski definition) is 6. The van der Waals surface area contributed by atoms with Crippen LogP contribution < -0.4 is 4.90 Å². The van der Waals surface area contributed by atoms with Crippen LogP contribution in [-0.2, 0) is 19.1 Å². The van der Waals surface area contributed by atoms with Crippen LogP contribution in [0.3, 0.4) is 0 Å². The summed E-state index contributed by atoms with van der Waals surface area (Å²) in [6.45, 7) is 1.17. The molecule has 0 heterocycles. The molecule has 0 aliphatic carbocycles. The van der Waals surface area contributed by atoms with Crippen molar-refractivity contribution >= 4 is 17.6 Å². The van der Waals surface area contributed by atoms with Crippen molar-refractivity contribution in [3.05, 3.63) is 42.5 Å². The van der Waals surface area contributed by atoms with Crippen LogP contribution in [0.5, 0.6) is 0 Å². The molecule has 0 aliphatic rings. The molecule has 116 valence electrons. The minimum absolute atomic E-state index is 0.157. The fraction of sp³-hybridized carbons (Fsp3) is 0.312. The molecular weight excluding hydrogens is 284 g/mol. The lowest BCUT2D eigenvalue weighted by molar-refractivity contribution is -0.139. The summed E-state index contributed by atoms with van der Waals surface area (Å²) < 4.78 is 9.38. The molecule has 1 rings (SSSR count). The third-order valence-electron chi connectivity index (χ3n) is 2.78. The zero-order chi connectivity index (χ0) is 16.2. The van der Waals surface area contributed by atoms with Gasteiger partial charge < -0.3 is 14.4 Å². The summed E-state index contributed by atoms with van der Waals surface area (Å²) in [6, 6.07) is 11.7. The van der Waals surface area contributed by atoms with E-state index in [4.69, 9.17) is 10.00 Å². The van der Waals surface area contributed by atoms with Crippen LogP contribution in [0.1, 0.15) is 6.42 Å². The summed E-state index contributed by atoms with van der Waals surface area (Å²) in [5.41, 5.74) is 0.957. The molecule has 0 aliphatic heterocycles. The van der Waals surface area contributed by atoms with E-state index in [0.29, 0.717) is 19.5 Å². The predicted molar refractivity (Wildman–Crippen MR) is 81.0 cm³/mol. The van der Waals surface area contributed by atoms with Crippen molar-refractivity contribution in [3.63, 3.8) is 0 Å². The molecule has 0 N–H and O–H groups in total. The predicted octanol–water partition coefficient (Wildman–Crippen LogP) is 1.68. The normalized spacial score (nSPS) is 10.0. The Balaban J connectivity index is 2.47. The van der Waals surface area contributed by atoms with Gasteiger partial charge in [0.25, 0.3) is 0 Å². The maximum atomic E-state index is 11.4. The molecule has 0 bridgehead atoms. The number of anilines is 1. The van der Waals surface area contributed by atoms with Crippen LogP contribution in [0, 0.1) is 11.3 Å². The first-order valence-corrected chi connectivity index (χ1v) is 6.77. The van der Waals surface area contributed by atoms with Gasteiger partial charge in [0, 0.05) is 24.4 Å². The summed E-state index contributed by atoms with van der Waals surface area (Å²) in [4.78, 5) is 24.2. The van der Waals surface area contributed by atoms with Crippen molar-refractivity contribution < 1.29 is 19.1 Å². The molecule has 22 heavy (non-hydrogen) atoms. The SMILES string of the molecule is COC(=O)/C=C/C(=O)OCCN(CCC#N)c1ccccc1. The third kappa shape index (κ3) is 6.57. The lowest BCUT2D eigenvalue weighted by Crippen LogP contribution is -2.29. The fourth-order valence-electron chi connectivity index (χ4n) is 1.70. The number of carbonyl (C=O) groups excluding carboxylic acids is 2. The number of methoxy groups -OCH3 is 1. The number of ether oxygens (including phenoxy) is 2. The fourth-order valence-corrected chi connectivity index (χ4v) is 1.70. The van der Waals surface area contributed by atoms with Crippen LogP contribution in [0.25, 0.3) is 0 Å². The van der Waals surface area contributed by atoms with Crippen molar-refractivity contribution in [1.82, 2.24) is 0 Å². The molecule has 0 saturated carbocycles. The number of rotatable bonds is 8. The van der Waals surface area contributed by atoms with Crippen molar-refractivity contribution in [1.29, 1.82) is 5.26 Å². The molecular formula is C16H18N2O4. The molecule has 0 radical (unpaired) electrons. The number of benzene rings is 1. The first kappa shape index (κ1) is 17.2. The smallest absolute Gasteiger partial charge is 0.331 e. The maximum Gasteiger partial charge on any atom is 0.331 e. The van der Waals surface area contributed by atoms with Crippen molar-refractivity contribution in [2.24, 2.45) is 0 Å². The van der Waals surface area contributed by atoms with Crippen molar-refractivity contribution in [2.75, 3.05) is 31.7 Å². The zero-order valence-corrected chi connectivity index (χ0v) is 12.4. The molecule has 0 spiro atoms. The van der Waals surface area contributed by atoms with Crippen LogP contribution in [-0.4, -0.2) is 38.7 Å². The summed E-state index contributed by atoms with van der Waals surface area (Å²) >= 11 is 0. The highest BCUT2D eigenvalue weighted by Gasteiger charge is 2.07. The van der Waals surface area contributed by atoms with E-state index in [0.717, 1.165) is 17.8 Å². The Morgan fingerprint density at radius 3 is 2.50 bits per heavy atom. The molecule has 0 atom stereocenters. The standard InChI is InChI=1S/C16H18N2O4/c1-21-15(19)8-9-16(20)22-13-12-18(11-5-10-17)14-6-3-2-4-7-14/h2-4,6-9H,5,11-13H2,1H3/b9-8+. The Kier molecular flexibility index (Phi) is 7.83. The third-order valence-corrected chi connectivity index (χ3v) is 2.78. The van der Waals surface area contributed by atoms with Gasteiger partial charge in [-0.1, -0.05) is 18.2 Å². The van der Waals surface area contributed by atoms with Crippen LogP contribution in [0.15, 0.2) is 42.5 Å². The molecule has 0 amide bonds. The van der Waals surface area contributed by atoms with Gasteiger partial charge in [0.1, 0.15) is 6.61 Å². The van der Waals surface area contributed by atoms with Gasteiger partial charge in [-0.2, -0.15) is 5.26 Å². The van der Waals surface area contributed by atoms with Gasteiger partial charge in [-0.05, 0) is 12.1 Å². The van der Waals surface area contributed by atoms with Gasteiger partial charge >= 0.3 is 11.9 Å². The Labute approximate surface area is 129 Å². The lowest BCUT2D eigenvalue weighted by Gasteiger charge is -2.23. The molecule has 0 saturated heterocycles. The Morgan fingerprint density at radius 1 is 1.18 bits per heavy atom. The Hall–Kier alpha value is -2.81. The zero-order valence-electron chi connectivity index (χ0n) is 12.4. The number of nitriles is 1. The molecule has 0 fully saturated rings. The molecule has 6 heteroatoms. The molecule has 0 unspecified atom stereocenters. The lowest BCUT2D eigenvalue weighted by atomic mass is 10.2. The topological polar surface area (TPSA) is 79.6 Å². The average Bonchev–Trinajstić information content (AvgIpc) is 2.56. The van der Waals surface area contributed by atoms with E-state index in [1.165, 1.54) is 7.11 Å². The Morgan fingerprint density at radius 2 is 1.86 bits per heavy atom. The van der Waals surface area contributed by atoms with Crippen molar-refractivity contribution in [3.8, 4) is 6.07 Å². The maximum absolute atomic E-state index is 11.4. The second-order valence-corrected chi connectivity index (χ2v) is 4.25. The summed E-state index contributed by atoms with van der Waals surface area (Å²) in [7, 11) is 1.23. The van der Waals surface area contributed by atoms with Crippen molar-refractivity contribution in [2.45, 2.75) is 6.42 Å². The first-order valence-electron chi connectivity index (χ1n) is 6.77. The van der Waals surface area contributed by atoms with Gasteiger partial charge in [0.2, 0.25) is 0 Å². The summed E-state index contributed by atoms with van der Waals surface area (Å²) in [5.74, 6) is -1.23. The second kappa shape index (κ2) is 10.00. The highest BCUT2D eigenvalue weighted by molar-refractivity contribution is 5.91. The van der Waals surface area contributed by atoms with E-state index in [9.17, 15) is 9.59 Å².